The molecule has 1 atom stereocenters. The molecule has 2 N–H and O–H groups in total. The van der Waals surface area contributed by atoms with E-state index in [1.807, 2.05) is 11.0 Å². The zero-order chi connectivity index (χ0) is 17.6. The first-order valence-electron chi connectivity index (χ1n) is 9.05. The standard InChI is InChI=1S/C18H27N3O3S/c19-18(23)14-5-7-21(8-6-14)17(22)13-20(11-15-3-1-9-24-15)12-16-4-2-10-25-16/h2,4,10,14-15H,1,3,5-9,11-13H2,(H2,19,23)/t15-/m1/s1. The minimum Gasteiger partial charge on any atom is -0.377 e. The van der Waals surface area contributed by atoms with Crippen molar-refractivity contribution in [2.75, 3.05) is 32.8 Å². The van der Waals surface area contributed by atoms with Gasteiger partial charge in [0.2, 0.25) is 11.8 Å². The van der Waals surface area contributed by atoms with Crippen LogP contribution in [0.25, 0.3) is 0 Å². The molecule has 2 aliphatic rings. The first-order valence-corrected chi connectivity index (χ1v) is 9.93. The number of nitrogens with zero attached hydrogens (tertiary/aromatic N) is 2. The molecule has 3 heterocycles. The number of nitrogens with two attached hydrogens (primary N) is 1. The molecule has 2 fully saturated rings. The maximum absolute atomic E-state index is 12.7. The average Bonchev–Trinajstić information content (AvgIpc) is 3.29. The molecule has 0 spiro atoms. The summed E-state index contributed by atoms with van der Waals surface area (Å²) in [6, 6.07) is 4.15. The quantitative estimate of drug-likeness (QED) is 0.794. The fourth-order valence-corrected chi connectivity index (χ4v) is 4.34. The number of thiophene rings is 1. The van der Waals surface area contributed by atoms with Crippen molar-refractivity contribution in [2.45, 2.75) is 38.3 Å². The second-order valence-corrected chi connectivity index (χ2v) is 7.97. The van der Waals surface area contributed by atoms with E-state index in [9.17, 15) is 9.59 Å². The Kier molecular flexibility index (Phi) is 6.45. The van der Waals surface area contributed by atoms with Gasteiger partial charge in [-0.1, -0.05) is 6.07 Å². The fraction of sp³-hybridized carbons (Fsp3) is 0.667. The Morgan fingerprint density at radius 3 is 2.72 bits per heavy atom. The van der Waals surface area contributed by atoms with Gasteiger partial charge in [-0.15, -0.1) is 11.3 Å². The van der Waals surface area contributed by atoms with Crippen LogP contribution in [-0.4, -0.2) is 60.5 Å². The van der Waals surface area contributed by atoms with Crippen molar-refractivity contribution in [2.24, 2.45) is 11.7 Å². The third-order valence-corrected chi connectivity index (χ3v) is 5.92. The molecule has 138 valence electrons. The Hall–Kier alpha value is -1.44. The molecule has 1 aromatic rings. The molecule has 0 bridgehead atoms. The fourth-order valence-electron chi connectivity index (χ4n) is 3.59. The van der Waals surface area contributed by atoms with Gasteiger partial charge in [-0.2, -0.15) is 0 Å². The zero-order valence-corrected chi connectivity index (χ0v) is 15.4. The Bertz CT molecular complexity index is 564. The highest BCUT2D eigenvalue weighted by Gasteiger charge is 2.28. The van der Waals surface area contributed by atoms with Gasteiger partial charge in [0.15, 0.2) is 0 Å². The van der Waals surface area contributed by atoms with Gasteiger partial charge in [0.05, 0.1) is 12.6 Å². The van der Waals surface area contributed by atoms with E-state index in [2.05, 4.69) is 16.3 Å². The van der Waals surface area contributed by atoms with Crippen LogP contribution in [0.3, 0.4) is 0 Å². The second-order valence-electron chi connectivity index (χ2n) is 6.94. The zero-order valence-electron chi connectivity index (χ0n) is 14.6. The molecule has 0 saturated carbocycles. The van der Waals surface area contributed by atoms with E-state index in [1.165, 1.54) is 4.88 Å². The van der Waals surface area contributed by atoms with Gasteiger partial charge in [0.1, 0.15) is 0 Å². The summed E-state index contributed by atoms with van der Waals surface area (Å²) < 4.78 is 5.76. The smallest absolute Gasteiger partial charge is 0.236 e. The Morgan fingerprint density at radius 1 is 1.32 bits per heavy atom. The molecule has 2 saturated heterocycles. The lowest BCUT2D eigenvalue weighted by atomic mass is 9.96. The molecule has 6 nitrogen and oxygen atoms in total. The summed E-state index contributed by atoms with van der Waals surface area (Å²) in [5, 5.41) is 2.07. The Morgan fingerprint density at radius 2 is 2.12 bits per heavy atom. The number of rotatable bonds is 7. The molecule has 7 heteroatoms. The van der Waals surface area contributed by atoms with Gasteiger partial charge >= 0.3 is 0 Å². The van der Waals surface area contributed by atoms with Crippen LogP contribution >= 0.6 is 11.3 Å². The van der Waals surface area contributed by atoms with Crippen LogP contribution in [0.2, 0.25) is 0 Å². The van der Waals surface area contributed by atoms with Crippen molar-refractivity contribution in [3.63, 3.8) is 0 Å². The summed E-state index contributed by atoms with van der Waals surface area (Å²) in [7, 11) is 0. The predicted molar refractivity (Wildman–Crippen MR) is 97.1 cm³/mol. The van der Waals surface area contributed by atoms with Crippen LogP contribution < -0.4 is 5.73 Å². The monoisotopic (exact) mass is 365 g/mol. The summed E-state index contributed by atoms with van der Waals surface area (Å²) in [6.45, 7) is 4.05. The van der Waals surface area contributed by atoms with E-state index in [0.29, 0.717) is 32.5 Å². The highest BCUT2D eigenvalue weighted by molar-refractivity contribution is 7.09. The van der Waals surface area contributed by atoms with Crippen LogP contribution in [0.1, 0.15) is 30.6 Å². The van der Waals surface area contributed by atoms with Crippen molar-refractivity contribution >= 4 is 23.2 Å². The minimum atomic E-state index is -0.246. The van der Waals surface area contributed by atoms with Gasteiger partial charge in [0, 0.05) is 43.6 Å². The Balaban J connectivity index is 1.55. The maximum Gasteiger partial charge on any atom is 0.236 e. The topological polar surface area (TPSA) is 75.9 Å². The van der Waals surface area contributed by atoms with E-state index in [4.69, 9.17) is 10.5 Å². The van der Waals surface area contributed by atoms with E-state index in [-0.39, 0.29) is 23.8 Å². The number of amides is 2. The largest absolute Gasteiger partial charge is 0.377 e. The number of hydrogen-bond acceptors (Lipinski definition) is 5. The first kappa shape index (κ1) is 18.4. The molecule has 1 aromatic heterocycles. The third-order valence-electron chi connectivity index (χ3n) is 5.05. The Labute approximate surface area is 152 Å². The molecule has 0 aromatic carbocycles. The first-order chi connectivity index (χ1) is 12.1. The van der Waals surface area contributed by atoms with Crippen LogP contribution in [0.15, 0.2) is 17.5 Å². The normalized spacial score (nSPS) is 21.8. The van der Waals surface area contributed by atoms with Gasteiger partial charge < -0.3 is 15.4 Å². The van der Waals surface area contributed by atoms with Crippen LogP contribution in [0.4, 0.5) is 0 Å². The summed E-state index contributed by atoms with van der Waals surface area (Å²) in [6.07, 6.45) is 3.76. The number of carbonyl (C=O) groups is 2. The molecule has 0 radical (unpaired) electrons. The van der Waals surface area contributed by atoms with Crippen LogP contribution in [0, 0.1) is 5.92 Å². The molecular weight excluding hydrogens is 338 g/mol. The van der Waals surface area contributed by atoms with Crippen molar-refractivity contribution in [1.29, 1.82) is 0 Å². The van der Waals surface area contributed by atoms with Crippen molar-refractivity contribution in [3.8, 4) is 0 Å². The lowest BCUT2D eigenvalue weighted by Gasteiger charge is -2.33. The number of likely N-dealkylation sites (tertiary alicyclic amines) is 1. The molecule has 2 aliphatic heterocycles. The van der Waals surface area contributed by atoms with Gasteiger partial charge in [-0.05, 0) is 37.1 Å². The van der Waals surface area contributed by atoms with Gasteiger partial charge in [-0.25, -0.2) is 0 Å². The number of hydrogen-bond donors (Lipinski definition) is 1. The van der Waals surface area contributed by atoms with E-state index < -0.39 is 0 Å². The highest BCUT2D eigenvalue weighted by Crippen LogP contribution is 2.19. The van der Waals surface area contributed by atoms with Crippen LogP contribution in [0.5, 0.6) is 0 Å². The van der Waals surface area contributed by atoms with E-state index in [1.54, 1.807) is 11.3 Å². The molecule has 3 rings (SSSR count). The number of piperidine rings is 1. The second kappa shape index (κ2) is 8.78. The lowest BCUT2D eigenvalue weighted by molar-refractivity contribution is -0.136. The van der Waals surface area contributed by atoms with Gasteiger partial charge in [-0.3, -0.25) is 14.5 Å². The highest BCUT2D eigenvalue weighted by atomic mass is 32.1. The summed E-state index contributed by atoms with van der Waals surface area (Å²) >= 11 is 1.72. The van der Waals surface area contributed by atoms with Crippen molar-refractivity contribution in [3.05, 3.63) is 22.4 Å². The molecular formula is C18H27N3O3S. The van der Waals surface area contributed by atoms with E-state index >= 15 is 0 Å². The maximum atomic E-state index is 12.7. The summed E-state index contributed by atoms with van der Waals surface area (Å²) in [5.74, 6) is -0.194. The number of ether oxygens (including phenoxy) is 1. The predicted octanol–water partition coefficient (Wildman–Crippen LogP) is 1.45. The number of carbonyl (C=O) groups excluding carboxylic acids is 2. The number of primary amides is 1. The molecule has 2 amide bonds. The lowest BCUT2D eigenvalue weighted by Crippen LogP contribution is -2.46. The minimum absolute atomic E-state index is 0.0850. The van der Waals surface area contributed by atoms with E-state index in [0.717, 1.165) is 32.5 Å². The van der Waals surface area contributed by atoms with Crippen molar-refractivity contribution in [1.82, 2.24) is 9.80 Å². The SMILES string of the molecule is NC(=O)C1CCN(C(=O)CN(Cc2cccs2)C[C@H]2CCCO2)CC1. The van der Waals surface area contributed by atoms with Crippen LogP contribution in [-0.2, 0) is 20.9 Å². The summed E-state index contributed by atoms with van der Waals surface area (Å²) in [4.78, 5) is 29.3. The summed E-state index contributed by atoms with van der Waals surface area (Å²) in [5.41, 5.74) is 5.37. The van der Waals surface area contributed by atoms with Gasteiger partial charge in [0.25, 0.3) is 0 Å². The molecule has 0 unspecified atom stereocenters. The average molecular weight is 365 g/mol. The molecule has 0 aliphatic carbocycles. The molecule has 25 heavy (non-hydrogen) atoms. The van der Waals surface area contributed by atoms with Crippen molar-refractivity contribution < 1.29 is 14.3 Å². The third kappa shape index (κ3) is 5.26.